The molecule has 0 atom stereocenters. The van der Waals surface area contributed by atoms with Gasteiger partial charge in [-0.25, -0.2) is 9.36 Å². The zero-order chi connectivity index (χ0) is 17.3. The van der Waals surface area contributed by atoms with Crippen LogP contribution in [0.1, 0.15) is 27.9 Å². The fourth-order valence-corrected chi connectivity index (χ4v) is 2.97. The van der Waals surface area contributed by atoms with E-state index in [1.807, 2.05) is 37.3 Å². The van der Waals surface area contributed by atoms with E-state index in [0.29, 0.717) is 11.4 Å². The fourth-order valence-electron chi connectivity index (χ4n) is 2.97. The van der Waals surface area contributed by atoms with Crippen molar-refractivity contribution in [1.82, 2.24) is 9.55 Å². The number of rotatable bonds is 3. The third-order valence-corrected chi connectivity index (χ3v) is 4.20. The Morgan fingerprint density at radius 3 is 2.29 bits per heavy atom. The van der Waals surface area contributed by atoms with Crippen LogP contribution < -0.4 is 11.2 Å². The van der Waals surface area contributed by atoms with Crippen molar-refractivity contribution < 1.29 is 0 Å². The maximum Gasteiger partial charge on any atom is 0.333 e. The predicted molar refractivity (Wildman–Crippen MR) is 96.1 cm³/mol. The molecule has 4 heteroatoms. The minimum Gasteiger partial charge on any atom is -0.311 e. The van der Waals surface area contributed by atoms with Crippen LogP contribution in [0.4, 0.5) is 0 Å². The molecule has 2 aromatic carbocycles. The molecule has 1 heterocycles. The van der Waals surface area contributed by atoms with Gasteiger partial charge in [0.1, 0.15) is 0 Å². The Morgan fingerprint density at radius 1 is 0.917 bits per heavy atom. The van der Waals surface area contributed by atoms with Crippen LogP contribution in [0.5, 0.6) is 0 Å². The van der Waals surface area contributed by atoms with Gasteiger partial charge in [-0.3, -0.25) is 4.79 Å². The number of nitrogens with zero attached hydrogens (tertiary/aromatic N) is 1. The molecular formula is C20H20N2O2. The molecule has 0 radical (unpaired) electrons. The lowest BCUT2D eigenvalue weighted by atomic mass is 9.97. The van der Waals surface area contributed by atoms with Crippen molar-refractivity contribution in [3.8, 4) is 5.69 Å². The molecule has 0 fully saturated rings. The molecule has 0 aliphatic carbocycles. The summed E-state index contributed by atoms with van der Waals surface area (Å²) < 4.78 is 1.20. The maximum atomic E-state index is 12.3. The molecule has 0 saturated carbocycles. The second-order valence-corrected chi connectivity index (χ2v) is 6.16. The Labute approximate surface area is 140 Å². The second kappa shape index (κ2) is 6.32. The van der Waals surface area contributed by atoms with Gasteiger partial charge in [-0.15, -0.1) is 0 Å². The number of aryl methyl sites for hydroxylation is 3. The second-order valence-electron chi connectivity index (χ2n) is 6.16. The Kier molecular flexibility index (Phi) is 4.21. The van der Waals surface area contributed by atoms with E-state index in [-0.39, 0.29) is 5.56 Å². The van der Waals surface area contributed by atoms with Crippen molar-refractivity contribution in [1.29, 1.82) is 0 Å². The fraction of sp³-hybridized carbons (Fsp3) is 0.200. The first-order valence-corrected chi connectivity index (χ1v) is 7.93. The zero-order valence-corrected chi connectivity index (χ0v) is 14.1. The van der Waals surface area contributed by atoms with Gasteiger partial charge in [0, 0.05) is 11.8 Å². The molecule has 0 aliphatic heterocycles. The average molecular weight is 320 g/mol. The SMILES string of the molecule is Cc1cc(=O)n(-c2cc(Cc3ccccc3)c(C)cc2C)c(=O)[nH]1. The standard InChI is InChI=1S/C20H20N2O2/c1-13-9-14(2)18(22-19(23)10-15(3)21-20(22)24)12-17(13)11-16-7-5-4-6-8-16/h4-10,12H,11H2,1-3H3,(H,21,24). The summed E-state index contributed by atoms with van der Waals surface area (Å²) in [6.07, 6.45) is 0.762. The van der Waals surface area contributed by atoms with Crippen molar-refractivity contribution >= 4 is 0 Å². The van der Waals surface area contributed by atoms with Crippen LogP contribution in [0.3, 0.4) is 0 Å². The van der Waals surface area contributed by atoms with E-state index < -0.39 is 5.69 Å². The van der Waals surface area contributed by atoms with E-state index in [2.05, 4.69) is 24.0 Å². The van der Waals surface area contributed by atoms with Crippen molar-refractivity contribution in [2.75, 3.05) is 0 Å². The third kappa shape index (κ3) is 3.08. The molecular weight excluding hydrogens is 300 g/mol. The molecule has 1 N–H and O–H groups in total. The molecule has 0 spiro atoms. The molecule has 1 aromatic heterocycles. The van der Waals surface area contributed by atoms with Gasteiger partial charge < -0.3 is 4.98 Å². The van der Waals surface area contributed by atoms with E-state index in [1.165, 1.54) is 16.2 Å². The van der Waals surface area contributed by atoms with Crippen molar-refractivity contribution in [2.24, 2.45) is 0 Å². The molecule has 0 aliphatic rings. The molecule has 3 aromatic rings. The number of aromatic nitrogens is 2. The molecule has 24 heavy (non-hydrogen) atoms. The average Bonchev–Trinajstić information content (AvgIpc) is 2.51. The summed E-state index contributed by atoms with van der Waals surface area (Å²) in [5.74, 6) is 0. The molecule has 0 saturated heterocycles. The lowest BCUT2D eigenvalue weighted by Crippen LogP contribution is -2.34. The monoisotopic (exact) mass is 320 g/mol. The van der Waals surface area contributed by atoms with Gasteiger partial charge in [0.25, 0.3) is 5.56 Å². The van der Waals surface area contributed by atoms with E-state index in [1.54, 1.807) is 6.92 Å². The Hall–Kier alpha value is -2.88. The number of nitrogens with one attached hydrogen (secondary N) is 1. The Balaban J connectivity index is 2.15. The topological polar surface area (TPSA) is 54.9 Å². The van der Waals surface area contributed by atoms with Crippen LogP contribution >= 0.6 is 0 Å². The lowest BCUT2D eigenvalue weighted by molar-refractivity contribution is 0.849. The van der Waals surface area contributed by atoms with Crippen molar-refractivity contribution in [3.05, 3.63) is 97.3 Å². The number of hydrogen-bond donors (Lipinski definition) is 1. The van der Waals surface area contributed by atoms with Crippen LogP contribution in [-0.2, 0) is 6.42 Å². The number of hydrogen-bond acceptors (Lipinski definition) is 2. The van der Waals surface area contributed by atoms with Gasteiger partial charge in [0.05, 0.1) is 5.69 Å². The Bertz CT molecular complexity index is 967. The van der Waals surface area contributed by atoms with Gasteiger partial charge in [-0.05, 0) is 55.5 Å². The zero-order valence-electron chi connectivity index (χ0n) is 14.1. The van der Waals surface area contributed by atoms with Crippen LogP contribution in [-0.4, -0.2) is 9.55 Å². The quantitative estimate of drug-likeness (QED) is 0.806. The predicted octanol–water partition coefficient (Wildman–Crippen LogP) is 3.04. The normalized spacial score (nSPS) is 10.8. The third-order valence-electron chi connectivity index (χ3n) is 4.20. The first-order chi connectivity index (χ1) is 11.5. The van der Waals surface area contributed by atoms with Crippen LogP contribution in [0.25, 0.3) is 5.69 Å². The molecule has 0 bridgehead atoms. The number of H-pyrrole nitrogens is 1. The highest BCUT2D eigenvalue weighted by Gasteiger charge is 2.11. The summed E-state index contributed by atoms with van der Waals surface area (Å²) >= 11 is 0. The summed E-state index contributed by atoms with van der Waals surface area (Å²) in [5, 5.41) is 0. The van der Waals surface area contributed by atoms with Crippen molar-refractivity contribution in [2.45, 2.75) is 27.2 Å². The van der Waals surface area contributed by atoms with Gasteiger partial charge in [0.15, 0.2) is 0 Å². The summed E-state index contributed by atoms with van der Waals surface area (Å²) in [6, 6.07) is 15.6. The first-order valence-electron chi connectivity index (χ1n) is 7.93. The van der Waals surface area contributed by atoms with Crippen LogP contribution in [0, 0.1) is 20.8 Å². The van der Waals surface area contributed by atoms with E-state index in [9.17, 15) is 9.59 Å². The molecule has 4 nitrogen and oxygen atoms in total. The van der Waals surface area contributed by atoms with Gasteiger partial charge in [-0.1, -0.05) is 36.4 Å². The summed E-state index contributed by atoms with van der Waals surface area (Å²) in [5.41, 5.74) is 4.84. The summed E-state index contributed by atoms with van der Waals surface area (Å²) in [6.45, 7) is 5.67. The highest BCUT2D eigenvalue weighted by Crippen LogP contribution is 2.20. The van der Waals surface area contributed by atoms with Crippen molar-refractivity contribution in [3.63, 3.8) is 0 Å². The first kappa shape index (κ1) is 16.0. The molecule has 0 unspecified atom stereocenters. The minimum absolute atomic E-state index is 0.311. The van der Waals surface area contributed by atoms with Gasteiger partial charge in [0.2, 0.25) is 0 Å². The van der Waals surface area contributed by atoms with Gasteiger partial charge in [-0.2, -0.15) is 0 Å². The van der Waals surface area contributed by atoms with E-state index >= 15 is 0 Å². The number of aromatic amines is 1. The van der Waals surface area contributed by atoms with Gasteiger partial charge >= 0.3 is 5.69 Å². The smallest absolute Gasteiger partial charge is 0.311 e. The Morgan fingerprint density at radius 2 is 1.62 bits per heavy atom. The number of benzene rings is 2. The van der Waals surface area contributed by atoms with E-state index in [0.717, 1.165) is 23.1 Å². The highest BCUT2D eigenvalue weighted by atomic mass is 16.2. The van der Waals surface area contributed by atoms with E-state index in [4.69, 9.17) is 0 Å². The summed E-state index contributed by atoms with van der Waals surface area (Å²) in [4.78, 5) is 27.3. The molecule has 122 valence electrons. The maximum absolute atomic E-state index is 12.3. The highest BCUT2D eigenvalue weighted by molar-refractivity contribution is 5.48. The van der Waals surface area contributed by atoms with Crippen LogP contribution in [0.15, 0.2) is 58.1 Å². The largest absolute Gasteiger partial charge is 0.333 e. The lowest BCUT2D eigenvalue weighted by Gasteiger charge is -2.14. The minimum atomic E-state index is -0.405. The molecule has 3 rings (SSSR count). The molecule has 0 amide bonds. The van der Waals surface area contributed by atoms with Crippen LogP contribution in [0.2, 0.25) is 0 Å². The summed E-state index contributed by atoms with van der Waals surface area (Å²) in [7, 11) is 0.